The van der Waals surface area contributed by atoms with E-state index in [9.17, 15) is 0 Å². The predicted octanol–water partition coefficient (Wildman–Crippen LogP) is 5.75. The molecular weight excluding hydrogens is 418 g/mol. The highest BCUT2D eigenvalue weighted by molar-refractivity contribution is 5.94. The molecule has 1 N–H and O–H groups in total. The summed E-state index contributed by atoms with van der Waals surface area (Å²) in [6.45, 7) is 7.85. The summed E-state index contributed by atoms with van der Waals surface area (Å²) in [7, 11) is 0. The van der Waals surface area contributed by atoms with Crippen molar-refractivity contribution in [2.24, 2.45) is 0 Å². The minimum atomic E-state index is 0.172. The summed E-state index contributed by atoms with van der Waals surface area (Å²) in [4.78, 5) is 14.9. The molecule has 2 fully saturated rings. The van der Waals surface area contributed by atoms with E-state index in [4.69, 9.17) is 4.98 Å². The second-order valence-corrected chi connectivity index (χ2v) is 9.53. The van der Waals surface area contributed by atoms with Gasteiger partial charge in [-0.05, 0) is 49.7 Å². The molecule has 4 aromatic rings. The summed E-state index contributed by atoms with van der Waals surface area (Å²) in [6.07, 6.45) is 3.14. The van der Waals surface area contributed by atoms with Crippen LogP contribution in [0.25, 0.3) is 22.2 Å². The molecule has 34 heavy (non-hydrogen) atoms. The molecule has 2 aliphatic heterocycles. The van der Waals surface area contributed by atoms with Gasteiger partial charge in [-0.25, -0.2) is 9.97 Å². The van der Waals surface area contributed by atoms with E-state index in [1.165, 1.54) is 23.1 Å². The number of nitrogens with zero attached hydrogens (tertiary/aromatic N) is 4. The van der Waals surface area contributed by atoms with Crippen LogP contribution < -0.4 is 10.2 Å². The van der Waals surface area contributed by atoms with E-state index in [-0.39, 0.29) is 6.04 Å². The fourth-order valence-electron chi connectivity index (χ4n) is 5.69. The van der Waals surface area contributed by atoms with Crippen molar-refractivity contribution in [3.63, 3.8) is 0 Å². The Bertz CT molecular complexity index is 1300. The fourth-order valence-corrected chi connectivity index (χ4v) is 5.69. The van der Waals surface area contributed by atoms with Gasteiger partial charge in [-0.3, -0.25) is 4.90 Å². The highest BCUT2D eigenvalue weighted by Gasteiger charge is 2.42. The Hall–Kier alpha value is -3.44. The third-order valence-corrected chi connectivity index (χ3v) is 7.48. The number of hydrogen-bond acceptors (Lipinski definition) is 5. The molecule has 2 bridgehead atoms. The second-order valence-electron chi connectivity index (χ2n) is 9.53. The van der Waals surface area contributed by atoms with Crippen LogP contribution in [0.5, 0.6) is 0 Å². The first-order valence-electron chi connectivity index (χ1n) is 12.4. The van der Waals surface area contributed by atoms with Crippen LogP contribution in [0.4, 0.5) is 11.5 Å². The van der Waals surface area contributed by atoms with Crippen molar-refractivity contribution < 1.29 is 0 Å². The van der Waals surface area contributed by atoms with Gasteiger partial charge in [-0.2, -0.15) is 0 Å². The van der Waals surface area contributed by atoms with Gasteiger partial charge in [0.1, 0.15) is 5.82 Å². The number of nitrogens with one attached hydrogen (secondary N) is 1. The number of likely N-dealkylation sites (N-methyl/N-ethyl adjacent to an activating group) is 1. The maximum Gasteiger partial charge on any atom is 0.127 e. The Kier molecular flexibility index (Phi) is 5.42. The summed E-state index contributed by atoms with van der Waals surface area (Å²) in [5.74, 6) is 0.865. The van der Waals surface area contributed by atoms with Gasteiger partial charge in [-0.15, -0.1) is 0 Å². The highest BCUT2D eigenvalue weighted by atomic mass is 15.3. The third kappa shape index (κ3) is 3.80. The lowest BCUT2D eigenvalue weighted by Crippen LogP contribution is -2.46. The van der Waals surface area contributed by atoms with Crippen LogP contribution in [-0.2, 0) is 0 Å². The Morgan fingerprint density at radius 2 is 1.79 bits per heavy atom. The summed E-state index contributed by atoms with van der Waals surface area (Å²) < 4.78 is 0. The van der Waals surface area contributed by atoms with E-state index in [1.54, 1.807) is 0 Å². The number of rotatable bonds is 6. The van der Waals surface area contributed by atoms with Crippen LogP contribution in [0.3, 0.4) is 0 Å². The number of fused-ring (bicyclic) bond motifs is 3. The van der Waals surface area contributed by atoms with Gasteiger partial charge in [0.15, 0.2) is 0 Å². The molecule has 3 atom stereocenters. The first kappa shape index (κ1) is 21.1. The molecule has 0 spiro atoms. The molecule has 2 aliphatic rings. The SMILES string of the molecule is CCN1CC2CC1CN2c1cc(-c2ccnc(N[C@@H](C)c3ccccc3)c2)nc2ccccc12. The summed E-state index contributed by atoms with van der Waals surface area (Å²) in [5, 5.41) is 4.80. The molecule has 4 heterocycles. The van der Waals surface area contributed by atoms with E-state index in [0.29, 0.717) is 12.1 Å². The molecule has 0 amide bonds. The molecule has 0 aliphatic carbocycles. The van der Waals surface area contributed by atoms with Crippen molar-refractivity contribution in [1.29, 1.82) is 0 Å². The van der Waals surface area contributed by atoms with Crippen LogP contribution in [-0.4, -0.2) is 46.6 Å². The second kappa shape index (κ2) is 8.73. The van der Waals surface area contributed by atoms with Gasteiger partial charge in [0.25, 0.3) is 0 Å². The Balaban J connectivity index is 1.34. The molecule has 2 aromatic carbocycles. The van der Waals surface area contributed by atoms with Crippen molar-refractivity contribution in [2.45, 2.75) is 38.4 Å². The summed E-state index contributed by atoms with van der Waals surface area (Å²) in [6, 6.07) is 26.9. The van der Waals surface area contributed by atoms with E-state index < -0.39 is 0 Å². The van der Waals surface area contributed by atoms with E-state index in [1.807, 2.05) is 12.3 Å². The van der Waals surface area contributed by atoms with Gasteiger partial charge < -0.3 is 10.2 Å². The van der Waals surface area contributed by atoms with Crippen LogP contribution >= 0.6 is 0 Å². The largest absolute Gasteiger partial charge is 0.365 e. The lowest BCUT2D eigenvalue weighted by atomic mass is 10.1. The lowest BCUT2D eigenvalue weighted by Gasteiger charge is -2.35. The predicted molar refractivity (Wildman–Crippen MR) is 140 cm³/mol. The number of anilines is 2. The maximum atomic E-state index is 5.06. The quantitative estimate of drug-likeness (QED) is 0.406. The molecule has 0 radical (unpaired) electrons. The van der Waals surface area contributed by atoms with Crippen LogP contribution in [0.1, 0.15) is 31.9 Å². The average molecular weight is 450 g/mol. The third-order valence-electron chi connectivity index (χ3n) is 7.48. The Morgan fingerprint density at radius 1 is 0.971 bits per heavy atom. The van der Waals surface area contributed by atoms with Gasteiger partial charge in [0.05, 0.1) is 11.2 Å². The number of para-hydroxylation sites is 1. The molecule has 2 unspecified atom stereocenters. The van der Waals surface area contributed by atoms with E-state index >= 15 is 0 Å². The zero-order chi connectivity index (χ0) is 23.1. The van der Waals surface area contributed by atoms with Crippen LogP contribution in [0.2, 0.25) is 0 Å². The normalized spacial score (nSPS) is 20.7. The maximum absolute atomic E-state index is 5.06. The van der Waals surface area contributed by atoms with Crippen molar-refractivity contribution >= 4 is 22.4 Å². The zero-order valence-corrected chi connectivity index (χ0v) is 19.9. The Labute approximate surface area is 201 Å². The number of likely N-dealkylation sites (tertiary alicyclic amines) is 1. The van der Waals surface area contributed by atoms with Crippen molar-refractivity contribution in [3.05, 3.63) is 84.6 Å². The van der Waals surface area contributed by atoms with E-state index in [0.717, 1.165) is 42.2 Å². The van der Waals surface area contributed by atoms with Gasteiger partial charge in [-0.1, -0.05) is 55.5 Å². The number of aromatic nitrogens is 2. The molecular formula is C29H31N5. The topological polar surface area (TPSA) is 44.3 Å². The lowest BCUT2D eigenvalue weighted by molar-refractivity contribution is 0.252. The first-order valence-corrected chi connectivity index (χ1v) is 12.4. The molecule has 6 rings (SSSR count). The first-order chi connectivity index (χ1) is 16.7. The molecule has 5 nitrogen and oxygen atoms in total. The molecule has 5 heteroatoms. The van der Waals surface area contributed by atoms with E-state index in [2.05, 4.69) is 101 Å². The minimum Gasteiger partial charge on any atom is -0.365 e. The van der Waals surface area contributed by atoms with Crippen molar-refractivity contribution in [3.8, 4) is 11.3 Å². The monoisotopic (exact) mass is 449 g/mol. The summed E-state index contributed by atoms with van der Waals surface area (Å²) in [5.41, 5.74) is 5.69. The fraction of sp³-hybridized carbons (Fsp3) is 0.310. The Morgan fingerprint density at radius 3 is 2.59 bits per heavy atom. The molecule has 2 aromatic heterocycles. The van der Waals surface area contributed by atoms with Crippen LogP contribution in [0.15, 0.2) is 79.0 Å². The zero-order valence-electron chi connectivity index (χ0n) is 19.9. The minimum absolute atomic E-state index is 0.172. The van der Waals surface area contributed by atoms with Crippen molar-refractivity contribution in [2.75, 3.05) is 29.9 Å². The average Bonchev–Trinajstić information content (AvgIpc) is 3.49. The smallest absolute Gasteiger partial charge is 0.127 e. The molecule has 0 saturated carbocycles. The highest BCUT2D eigenvalue weighted by Crippen LogP contribution is 2.39. The number of pyridine rings is 2. The summed E-state index contributed by atoms with van der Waals surface area (Å²) >= 11 is 0. The number of piperazine rings is 1. The molecule has 172 valence electrons. The number of benzene rings is 2. The van der Waals surface area contributed by atoms with Crippen LogP contribution in [0, 0.1) is 0 Å². The standard InChI is InChI=1S/C29H31N5/c1-3-33-18-24-16-23(33)19-34(24)28-17-27(32-26-12-8-7-11-25(26)28)22-13-14-30-29(15-22)31-20(2)21-9-5-4-6-10-21/h4-15,17,20,23-24H,3,16,18-19H2,1-2H3,(H,30,31)/t20-,23?,24?/m0/s1. The van der Waals surface area contributed by atoms with Gasteiger partial charge in [0.2, 0.25) is 0 Å². The number of hydrogen-bond donors (Lipinski definition) is 1. The van der Waals surface area contributed by atoms with Crippen molar-refractivity contribution in [1.82, 2.24) is 14.9 Å². The van der Waals surface area contributed by atoms with Gasteiger partial charge >= 0.3 is 0 Å². The molecule has 2 saturated heterocycles. The van der Waals surface area contributed by atoms with Gasteiger partial charge in [0, 0.05) is 54.0 Å².